The SMILES string of the molecule is CN1CCN(C(=O)c2ccc(/C=C/c3n[nH]c4ccccc34)c(N3Cc4cccc(N)c4C3=O)c2)CC1. The van der Waals surface area contributed by atoms with Gasteiger partial charge < -0.3 is 20.4 Å². The number of carbonyl (C=O) groups excluding carboxylic acids is 2. The zero-order chi connectivity index (χ0) is 25.5. The minimum Gasteiger partial charge on any atom is -0.398 e. The second-order valence-electron chi connectivity index (χ2n) is 9.63. The van der Waals surface area contributed by atoms with Crippen molar-refractivity contribution in [2.45, 2.75) is 6.54 Å². The molecule has 4 aromatic rings. The molecule has 0 unspecified atom stereocenters. The number of benzene rings is 3. The summed E-state index contributed by atoms with van der Waals surface area (Å²) >= 11 is 0. The van der Waals surface area contributed by atoms with E-state index in [0.717, 1.165) is 40.8 Å². The number of fused-ring (bicyclic) bond motifs is 2. The average Bonchev–Trinajstić information content (AvgIpc) is 3.49. The highest BCUT2D eigenvalue weighted by Crippen LogP contribution is 2.35. The van der Waals surface area contributed by atoms with Crippen molar-refractivity contribution in [2.75, 3.05) is 43.9 Å². The van der Waals surface area contributed by atoms with E-state index in [1.165, 1.54) is 0 Å². The Morgan fingerprint density at radius 3 is 2.62 bits per heavy atom. The van der Waals surface area contributed by atoms with Crippen LogP contribution in [0, 0.1) is 0 Å². The molecule has 3 N–H and O–H groups in total. The average molecular weight is 493 g/mol. The van der Waals surface area contributed by atoms with E-state index in [-0.39, 0.29) is 11.8 Å². The third-order valence-electron chi connectivity index (χ3n) is 7.25. The lowest BCUT2D eigenvalue weighted by atomic mass is 10.0. The van der Waals surface area contributed by atoms with E-state index in [0.29, 0.717) is 42.1 Å². The first-order valence-corrected chi connectivity index (χ1v) is 12.4. The van der Waals surface area contributed by atoms with Gasteiger partial charge in [0.1, 0.15) is 0 Å². The van der Waals surface area contributed by atoms with Crippen LogP contribution in [0.4, 0.5) is 11.4 Å². The number of aromatic amines is 1. The van der Waals surface area contributed by atoms with E-state index in [4.69, 9.17) is 5.73 Å². The molecule has 8 heteroatoms. The second-order valence-corrected chi connectivity index (χ2v) is 9.63. The molecule has 0 saturated carbocycles. The fourth-order valence-electron chi connectivity index (χ4n) is 5.11. The molecule has 2 aliphatic heterocycles. The van der Waals surface area contributed by atoms with E-state index in [2.05, 4.69) is 22.1 Å². The third kappa shape index (κ3) is 4.15. The van der Waals surface area contributed by atoms with Crippen LogP contribution in [0.1, 0.15) is 37.5 Å². The van der Waals surface area contributed by atoms with Gasteiger partial charge in [0, 0.05) is 42.8 Å². The van der Waals surface area contributed by atoms with E-state index in [1.54, 1.807) is 11.0 Å². The Labute approximate surface area is 215 Å². The second kappa shape index (κ2) is 9.22. The van der Waals surface area contributed by atoms with Crippen molar-refractivity contribution in [2.24, 2.45) is 0 Å². The lowest BCUT2D eigenvalue weighted by Gasteiger charge is -2.32. The number of carbonyl (C=O) groups is 2. The van der Waals surface area contributed by atoms with Crippen LogP contribution < -0.4 is 10.6 Å². The molecule has 0 atom stereocenters. The quantitative estimate of drug-likeness (QED) is 0.422. The number of amides is 2. The number of likely N-dealkylation sites (N-methyl/N-ethyl adjacent to an activating group) is 1. The highest BCUT2D eigenvalue weighted by Gasteiger charge is 2.32. The summed E-state index contributed by atoms with van der Waals surface area (Å²) in [4.78, 5) is 32.7. The van der Waals surface area contributed by atoms with Gasteiger partial charge in [0.15, 0.2) is 0 Å². The Bertz CT molecular complexity index is 1550. The number of hydrogen-bond acceptors (Lipinski definition) is 5. The van der Waals surface area contributed by atoms with Crippen LogP contribution in [0.3, 0.4) is 0 Å². The summed E-state index contributed by atoms with van der Waals surface area (Å²) in [7, 11) is 2.06. The first kappa shape index (κ1) is 23.0. The molecule has 1 fully saturated rings. The molecule has 0 radical (unpaired) electrons. The maximum absolute atomic E-state index is 13.5. The number of piperazine rings is 1. The minimum absolute atomic E-state index is 0.0214. The van der Waals surface area contributed by atoms with Gasteiger partial charge in [0.05, 0.1) is 29.0 Å². The molecular formula is C29H28N6O2. The summed E-state index contributed by atoms with van der Waals surface area (Å²) in [5, 5.41) is 8.50. The Morgan fingerprint density at radius 1 is 1.00 bits per heavy atom. The van der Waals surface area contributed by atoms with Crippen molar-refractivity contribution in [3.05, 3.63) is 88.6 Å². The zero-order valence-corrected chi connectivity index (χ0v) is 20.6. The highest BCUT2D eigenvalue weighted by atomic mass is 16.2. The van der Waals surface area contributed by atoms with Crippen LogP contribution in [0.5, 0.6) is 0 Å². The van der Waals surface area contributed by atoms with E-state index < -0.39 is 0 Å². The summed E-state index contributed by atoms with van der Waals surface area (Å²) in [6, 6.07) is 19.1. The van der Waals surface area contributed by atoms with Crippen molar-refractivity contribution in [3.8, 4) is 0 Å². The van der Waals surface area contributed by atoms with Crippen molar-refractivity contribution in [3.63, 3.8) is 0 Å². The highest BCUT2D eigenvalue weighted by molar-refractivity contribution is 6.14. The largest absolute Gasteiger partial charge is 0.398 e. The number of anilines is 2. The number of nitrogen functional groups attached to an aromatic ring is 1. The summed E-state index contributed by atoms with van der Waals surface area (Å²) in [5.74, 6) is -0.177. The van der Waals surface area contributed by atoms with Gasteiger partial charge >= 0.3 is 0 Å². The summed E-state index contributed by atoms with van der Waals surface area (Å²) in [6.07, 6.45) is 3.88. The van der Waals surface area contributed by atoms with Crippen molar-refractivity contribution < 1.29 is 9.59 Å². The Morgan fingerprint density at radius 2 is 1.81 bits per heavy atom. The number of H-pyrrole nitrogens is 1. The molecule has 6 rings (SSSR count). The standard InChI is InChI=1S/C29H28N6O2/c1-33-13-15-34(16-14-33)28(36)20-10-9-19(11-12-25-22-6-2-3-8-24(22)31-32-25)26(17-20)35-18-21-5-4-7-23(30)27(21)29(35)37/h2-12,17H,13-16,18,30H2,1H3,(H,31,32)/b12-11+. The molecule has 37 heavy (non-hydrogen) atoms. The Hall–Kier alpha value is -4.43. The molecule has 3 aromatic carbocycles. The van der Waals surface area contributed by atoms with E-state index in [1.807, 2.05) is 71.6 Å². The van der Waals surface area contributed by atoms with Gasteiger partial charge in [-0.05, 0) is 48.5 Å². The smallest absolute Gasteiger partial charge is 0.261 e. The van der Waals surface area contributed by atoms with Crippen molar-refractivity contribution in [1.29, 1.82) is 0 Å². The fraction of sp³-hybridized carbons (Fsp3) is 0.207. The van der Waals surface area contributed by atoms with Crippen LogP contribution in [0.2, 0.25) is 0 Å². The lowest BCUT2D eigenvalue weighted by Crippen LogP contribution is -2.47. The molecule has 0 spiro atoms. The number of aromatic nitrogens is 2. The van der Waals surface area contributed by atoms with Gasteiger partial charge in [-0.25, -0.2) is 0 Å². The van der Waals surface area contributed by atoms with E-state index >= 15 is 0 Å². The molecule has 186 valence electrons. The van der Waals surface area contributed by atoms with Crippen LogP contribution >= 0.6 is 0 Å². The zero-order valence-electron chi connectivity index (χ0n) is 20.6. The maximum atomic E-state index is 13.5. The Balaban J connectivity index is 1.39. The molecule has 8 nitrogen and oxygen atoms in total. The molecule has 0 bridgehead atoms. The number of rotatable bonds is 4. The molecular weight excluding hydrogens is 464 g/mol. The summed E-state index contributed by atoms with van der Waals surface area (Å²) in [6.45, 7) is 3.45. The van der Waals surface area contributed by atoms with E-state index in [9.17, 15) is 9.59 Å². The van der Waals surface area contributed by atoms with Gasteiger partial charge in [-0.15, -0.1) is 0 Å². The normalized spacial score (nSPS) is 16.2. The van der Waals surface area contributed by atoms with Gasteiger partial charge in [-0.1, -0.05) is 42.5 Å². The first-order chi connectivity index (χ1) is 18.0. The van der Waals surface area contributed by atoms with Crippen LogP contribution in [0.15, 0.2) is 60.7 Å². The molecule has 1 aromatic heterocycles. The monoisotopic (exact) mass is 492 g/mol. The van der Waals surface area contributed by atoms with Gasteiger partial charge in [0.25, 0.3) is 11.8 Å². The maximum Gasteiger partial charge on any atom is 0.261 e. The minimum atomic E-state index is -0.155. The predicted molar refractivity (Wildman–Crippen MR) is 146 cm³/mol. The molecule has 2 aliphatic rings. The lowest BCUT2D eigenvalue weighted by molar-refractivity contribution is 0.0664. The molecule has 3 heterocycles. The molecule has 0 aliphatic carbocycles. The Kier molecular flexibility index (Phi) is 5.73. The van der Waals surface area contributed by atoms with Crippen LogP contribution in [-0.4, -0.2) is 65.0 Å². The molecule has 1 saturated heterocycles. The van der Waals surface area contributed by atoms with Gasteiger partial charge in [-0.3, -0.25) is 14.7 Å². The van der Waals surface area contributed by atoms with Gasteiger partial charge in [-0.2, -0.15) is 5.10 Å². The predicted octanol–water partition coefficient (Wildman–Crippen LogP) is 3.86. The molecule has 2 amide bonds. The number of para-hydroxylation sites is 1. The number of nitrogens with zero attached hydrogens (tertiary/aromatic N) is 4. The van der Waals surface area contributed by atoms with Gasteiger partial charge in [0.2, 0.25) is 0 Å². The van der Waals surface area contributed by atoms with Crippen LogP contribution in [-0.2, 0) is 6.54 Å². The number of nitrogens with two attached hydrogens (primary N) is 1. The first-order valence-electron chi connectivity index (χ1n) is 12.4. The third-order valence-corrected chi connectivity index (χ3v) is 7.25. The van der Waals surface area contributed by atoms with Crippen molar-refractivity contribution in [1.82, 2.24) is 20.0 Å². The topological polar surface area (TPSA) is 98.6 Å². The summed E-state index contributed by atoms with van der Waals surface area (Å²) < 4.78 is 0. The summed E-state index contributed by atoms with van der Waals surface area (Å²) in [5.41, 5.74) is 11.9. The van der Waals surface area contributed by atoms with Crippen molar-refractivity contribution >= 4 is 46.2 Å². The number of nitrogens with one attached hydrogen (secondary N) is 1. The fourth-order valence-corrected chi connectivity index (χ4v) is 5.11. The number of hydrogen-bond donors (Lipinski definition) is 2. The van der Waals surface area contributed by atoms with Crippen LogP contribution in [0.25, 0.3) is 23.1 Å².